The predicted octanol–water partition coefficient (Wildman–Crippen LogP) is 1.67. The number of benzene rings is 1. The lowest BCUT2D eigenvalue weighted by Crippen LogP contribution is -2.61. The van der Waals surface area contributed by atoms with Gasteiger partial charge in [-0.1, -0.05) is 12.1 Å². The number of β-amino-alcohol motifs (C(OH)–C–C–N with tert-alkyl or cyclic N) is 1. The summed E-state index contributed by atoms with van der Waals surface area (Å²) in [7, 11) is 0. The first-order chi connectivity index (χ1) is 8.89. The third kappa shape index (κ3) is 3.26. The van der Waals surface area contributed by atoms with Crippen LogP contribution in [0.15, 0.2) is 18.2 Å². The molecule has 1 amide bonds. The second kappa shape index (κ2) is 5.21. The lowest BCUT2D eigenvalue weighted by atomic mass is 9.97. The van der Waals surface area contributed by atoms with Gasteiger partial charge in [-0.2, -0.15) is 0 Å². The molecule has 0 atom stereocenters. The van der Waals surface area contributed by atoms with Gasteiger partial charge in [0.1, 0.15) is 5.75 Å². The van der Waals surface area contributed by atoms with Gasteiger partial charge in [0, 0.05) is 0 Å². The summed E-state index contributed by atoms with van der Waals surface area (Å²) in [5.74, 6) is 0.875. The van der Waals surface area contributed by atoms with Gasteiger partial charge in [0.25, 0.3) is 0 Å². The number of carbonyl (C=O) groups excluding carboxylic acids is 1. The van der Waals surface area contributed by atoms with Gasteiger partial charge in [0.2, 0.25) is 5.91 Å². The molecule has 0 aromatic heterocycles. The Kier molecular flexibility index (Phi) is 3.80. The first-order valence-electron chi connectivity index (χ1n) is 6.58. The molecule has 0 radical (unpaired) electrons. The minimum atomic E-state index is -0.705. The number of hydrogen-bond donors (Lipinski definition) is 1. The van der Waals surface area contributed by atoms with Crippen molar-refractivity contribution in [2.75, 3.05) is 19.7 Å². The van der Waals surface area contributed by atoms with Crippen LogP contribution in [-0.4, -0.2) is 41.2 Å². The van der Waals surface area contributed by atoms with Gasteiger partial charge in [-0.25, -0.2) is 0 Å². The Labute approximate surface area is 114 Å². The molecule has 0 saturated carbocycles. The molecule has 1 heterocycles. The summed E-state index contributed by atoms with van der Waals surface area (Å²) in [6, 6.07) is 5.91. The Morgan fingerprint density at radius 2 is 2.11 bits per heavy atom. The van der Waals surface area contributed by atoms with Crippen LogP contribution in [0, 0.1) is 13.8 Å². The summed E-state index contributed by atoms with van der Waals surface area (Å²) in [6.07, 6.45) is 0.351. The normalized spacial score (nSPS) is 16.9. The van der Waals surface area contributed by atoms with Crippen LogP contribution in [0.1, 0.15) is 24.5 Å². The summed E-state index contributed by atoms with van der Waals surface area (Å²) >= 11 is 0. The third-order valence-electron chi connectivity index (χ3n) is 3.54. The molecule has 1 aromatic carbocycles. The second-order valence-electron chi connectivity index (χ2n) is 5.54. The lowest BCUT2D eigenvalue weighted by molar-refractivity contribution is -0.152. The summed E-state index contributed by atoms with van der Waals surface area (Å²) in [6.45, 7) is 7.02. The Hall–Kier alpha value is -1.55. The van der Waals surface area contributed by atoms with Gasteiger partial charge in [-0.15, -0.1) is 0 Å². The zero-order valence-corrected chi connectivity index (χ0v) is 11.8. The zero-order chi connectivity index (χ0) is 14.0. The van der Waals surface area contributed by atoms with Crippen molar-refractivity contribution in [1.82, 2.24) is 4.90 Å². The molecule has 4 nitrogen and oxygen atoms in total. The van der Waals surface area contributed by atoms with E-state index >= 15 is 0 Å². The highest BCUT2D eigenvalue weighted by molar-refractivity contribution is 5.77. The zero-order valence-electron chi connectivity index (χ0n) is 11.8. The van der Waals surface area contributed by atoms with Crippen LogP contribution in [0.4, 0.5) is 0 Å². The van der Waals surface area contributed by atoms with Crippen LogP contribution in [0.25, 0.3) is 0 Å². The number of ether oxygens (including phenoxy) is 1. The van der Waals surface area contributed by atoms with Crippen molar-refractivity contribution in [3.63, 3.8) is 0 Å². The van der Waals surface area contributed by atoms with Gasteiger partial charge in [-0.3, -0.25) is 4.79 Å². The van der Waals surface area contributed by atoms with E-state index in [9.17, 15) is 9.90 Å². The average molecular weight is 263 g/mol. The standard InChI is InChI=1S/C15H21NO3/c1-11-5-4-6-13(12(11)2)19-8-7-14(17)16-9-15(3,18)10-16/h4-6,18H,7-10H2,1-3H3. The quantitative estimate of drug-likeness (QED) is 0.899. The second-order valence-corrected chi connectivity index (χ2v) is 5.54. The van der Waals surface area contributed by atoms with E-state index < -0.39 is 5.60 Å². The van der Waals surface area contributed by atoms with Crippen LogP contribution in [0.3, 0.4) is 0 Å². The molecule has 19 heavy (non-hydrogen) atoms. The maximum atomic E-state index is 11.8. The molecule has 104 valence electrons. The maximum Gasteiger partial charge on any atom is 0.226 e. The number of aliphatic hydroxyl groups is 1. The molecule has 2 rings (SSSR count). The Morgan fingerprint density at radius 1 is 1.42 bits per heavy atom. The van der Waals surface area contributed by atoms with Gasteiger partial charge >= 0.3 is 0 Å². The summed E-state index contributed by atoms with van der Waals surface area (Å²) < 4.78 is 5.65. The number of likely N-dealkylation sites (tertiary alicyclic amines) is 1. The molecule has 1 aliphatic heterocycles. The molecule has 1 aromatic rings. The molecule has 1 fully saturated rings. The molecule has 0 bridgehead atoms. The highest BCUT2D eigenvalue weighted by Crippen LogP contribution is 2.22. The first kappa shape index (κ1) is 13.9. The van der Waals surface area contributed by atoms with Crippen molar-refractivity contribution in [3.8, 4) is 5.75 Å². The smallest absolute Gasteiger partial charge is 0.226 e. The van der Waals surface area contributed by atoms with Crippen LogP contribution in [0.5, 0.6) is 5.75 Å². The van der Waals surface area contributed by atoms with E-state index in [0.29, 0.717) is 26.1 Å². The molecule has 4 heteroatoms. The van der Waals surface area contributed by atoms with E-state index in [2.05, 4.69) is 0 Å². The van der Waals surface area contributed by atoms with Crippen LogP contribution in [-0.2, 0) is 4.79 Å². The minimum Gasteiger partial charge on any atom is -0.493 e. The Balaban J connectivity index is 1.78. The number of amides is 1. The molecule has 0 aliphatic carbocycles. The van der Waals surface area contributed by atoms with Gasteiger partial charge in [0.05, 0.1) is 31.7 Å². The predicted molar refractivity (Wildman–Crippen MR) is 73.2 cm³/mol. The number of hydrogen-bond acceptors (Lipinski definition) is 3. The molecule has 1 saturated heterocycles. The summed E-state index contributed by atoms with van der Waals surface area (Å²) in [4.78, 5) is 13.4. The molecular formula is C15H21NO3. The molecule has 0 unspecified atom stereocenters. The number of rotatable bonds is 4. The lowest BCUT2D eigenvalue weighted by Gasteiger charge is -2.44. The van der Waals surface area contributed by atoms with Crippen molar-refractivity contribution >= 4 is 5.91 Å². The number of nitrogens with zero attached hydrogens (tertiary/aromatic N) is 1. The molecule has 1 aliphatic rings. The molecular weight excluding hydrogens is 242 g/mol. The van der Waals surface area contributed by atoms with Crippen molar-refractivity contribution in [2.24, 2.45) is 0 Å². The summed E-state index contributed by atoms with van der Waals surface area (Å²) in [5.41, 5.74) is 1.59. The summed E-state index contributed by atoms with van der Waals surface area (Å²) in [5, 5.41) is 9.58. The van der Waals surface area contributed by atoms with E-state index in [1.54, 1.807) is 11.8 Å². The van der Waals surface area contributed by atoms with E-state index in [1.807, 2.05) is 32.0 Å². The number of carbonyl (C=O) groups is 1. The highest BCUT2D eigenvalue weighted by Gasteiger charge is 2.38. The van der Waals surface area contributed by atoms with E-state index in [1.165, 1.54) is 5.56 Å². The maximum absolute atomic E-state index is 11.8. The van der Waals surface area contributed by atoms with Crippen molar-refractivity contribution < 1.29 is 14.6 Å². The van der Waals surface area contributed by atoms with Crippen LogP contribution < -0.4 is 4.74 Å². The monoisotopic (exact) mass is 263 g/mol. The van der Waals surface area contributed by atoms with E-state index in [4.69, 9.17) is 4.74 Å². The largest absolute Gasteiger partial charge is 0.493 e. The fraction of sp³-hybridized carbons (Fsp3) is 0.533. The number of aryl methyl sites for hydroxylation is 1. The van der Waals surface area contributed by atoms with Gasteiger partial charge in [-0.05, 0) is 38.0 Å². The minimum absolute atomic E-state index is 0.0387. The fourth-order valence-corrected chi connectivity index (χ4v) is 2.24. The van der Waals surface area contributed by atoms with Crippen molar-refractivity contribution in [3.05, 3.63) is 29.3 Å². The van der Waals surface area contributed by atoms with Crippen molar-refractivity contribution in [1.29, 1.82) is 0 Å². The SMILES string of the molecule is Cc1cccc(OCCC(=O)N2CC(C)(O)C2)c1C. The molecule has 1 N–H and O–H groups in total. The average Bonchev–Trinajstić information content (AvgIpc) is 2.31. The van der Waals surface area contributed by atoms with Crippen LogP contribution in [0.2, 0.25) is 0 Å². The Morgan fingerprint density at radius 3 is 2.74 bits per heavy atom. The van der Waals surface area contributed by atoms with Gasteiger partial charge < -0.3 is 14.7 Å². The van der Waals surface area contributed by atoms with Gasteiger partial charge in [0.15, 0.2) is 0 Å². The van der Waals surface area contributed by atoms with E-state index in [-0.39, 0.29) is 5.91 Å². The Bertz CT molecular complexity index is 474. The topological polar surface area (TPSA) is 49.8 Å². The highest BCUT2D eigenvalue weighted by atomic mass is 16.5. The molecule has 0 spiro atoms. The third-order valence-corrected chi connectivity index (χ3v) is 3.54. The van der Waals surface area contributed by atoms with E-state index in [0.717, 1.165) is 11.3 Å². The van der Waals surface area contributed by atoms with Crippen molar-refractivity contribution in [2.45, 2.75) is 32.8 Å². The van der Waals surface area contributed by atoms with Crippen LogP contribution >= 0.6 is 0 Å². The first-order valence-corrected chi connectivity index (χ1v) is 6.58. The fourth-order valence-electron chi connectivity index (χ4n) is 2.24.